The largest absolute Gasteiger partial charge is 1.00 e. The van der Waals surface area contributed by atoms with E-state index in [1.54, 1.807) is 0 Å². The fraction of sp³-hybridized carbons (Fsp3) is 1.00. The second-order valence-corrected chi connectivity index (χ2v) is 6.40. The van der Waals surface area contributed by atoms with Crippen LogP contribution < -0.4 is 17.0 Å². The van der Waals surface area contributed by atoms with Crippen molar-refractivity contribution in [1.82, 2.24) is 0 Å². The van der Waals surface area contributed by atoms with E-state index in [0.717, 1.165) is 10.9 Å². The highest BCUT2D eigenvalue weighted by Gasteiger charge is 2.36. The van der Waals surface area contributed by atoms with Crippen LogP contribution in [0.4, 0.5) is 0 Å². The lowest BCUT2D eigenvalue weighted by Gasteiger charge is -2.30. The molecule has 0 aromatic carbocycles. The predicted octanol–water partition coefficient (Wildman–Crippen LogP) is -3.12. The number of halogens is 1. The molecule has 1 atom stereocenters. The Hall–Kier alpha value is 0.390. The third-order valence-corrected chi connectivity index (χ3v) is 4.05. The quantitative estimate of drug-likeness (QED) is 0.466. The molecule has 5 heteroatoms. The number of sulfone groups is 1. The molecule has 0 bridgehead atoms. The number of hydrogen-bond acceptors (Lipinski definition) is 2. The van der Waals surface area contributed by atoms with Crippen molar-refractivity contribution in [2.45, 2.75) is 12.5 Å². The summed E-state index contributed by atoms with van der Waals surface area (Å²) in [6, 6.07) is 0.306. The molecule has 1 heterocycles. The Morgan fingerprint density at radius 2 is 1.75 bits per heavy atom. The molecular weight excluding hydrogens is 242 g/mol. The number of quaternary nitrogens is 1. The number of rotatable bonds is 1. The summed E-state index contributed by atoms with van der Waals surface area (Å²) >= 11 is 0. The lowest BCUT2D eigenvalue weighted by molar-refractivity contribution is -0.892. The molecule has 1 unspecified atom stereocenters. The molecule has 0 radical (unpaired) electrons. The van der Waals surface area contributed by atoms with Gasteiger partial charge >= 0.3 is 0 Å². The van der Waals surface area contributed by atoms with Gasteiger partial charge in [-0.2, -0.15) is 0 Å². The summed E-state index contributed by atoms with van der Waals surface area (Å²) in [5.74, 6) is 0.754. The molecule has 0 aromatic rings. The fourth-order valence-corrected chi connectivity index (χ4v) is 3.38. The Morgan fingerprint density at radius 1 is 1.25 bits per heavy atom. The number of nitrogens with zero attached hydrogens (tertiary/aromatic N) is 1. The normalized spacial score (nSPS) is 28.1. The standard InChI is InChI=1S/C7H16NO2S.BrH/c1-8(2,3)7-4-5-11(9,10)6-7;/h7H,4-6H2,1-3H3;1H/q+1;/p-1. The molecule has 0 saturated carbocycles. The van der Waals surface area contributed by atoms with Crippen molar-refractivity contribution in [3.05, 3.63) is 0 Å². The molecule has 1 aliphatic heterocycles. The highest BCUT2D eigenvalue weighted by Crippen LogP contribution is 2.19. The van der Waals surface area contributed by atoms with Crippen LogP contribution >= 0.6 is 0 Å². The van der Waals surface area contributed by atoms with Gasteiger partial charge in [0.05, 0.1) is 26.9 Å². The van der Waals surface area contributed by atoms with Gasteiger partial charge in [-0.3, -0.25) is 0 Å². The SMILES string of the molecule is C[N+](C)(C)C1CCS(=O)(=O)C1.[Br-]. The van der Waals surface area contributed by atoms with Gasteiger partial charge in [-0.15, -0.1) is 0 Å². The first-order valence-electron chi connectivity index (χ1n) is 3.83. The molecule has 1 aliphatic rings. The van der Waals surface area contributed by atoms with E-state index >= 15 is 0 Å². The monoisotopic (exact) mass is 257 g/mol. The zero-order valence-electron chi connectivity index (χ0n) is 7.75. The van der Waals surface area contributed by atoms with Gasteiger partial charge in [-0.05, 0) is 0 Å². The maximum atomic E-state index is 11.1. The zero-order chi connectivity index (χ0) is 8.70. The minimum absolute atomic E-state index is 0. The summed E-state index contributed by atoms with van der Waals surface area (Å²) in [4.78, 5) is 0. The Bertz CT molecular complexity index is 243. The van der Waals surface area contributed by atoms with Crippen molar-refractivity contribution in [3.8, 4) is 0 Å². The van der Waals surface area contributed by atoms with Crippen molar-refractivity contribution in [2.24, 2.45) is 0 Å². The molecule has 1 fully saturated rings. The van der Waals surface area contributed by atoms with Crippen molar-refractivity contribution in [1.29, 1.82) is 0 Å². The third kappa shape index (κ3) is 3.03. The average molecular weight is 258 g/mol. The molecule has 0 N–H and O–H groups in total. The Morgan fingerprint density at radius 3 is 1.92 bits per heavy atom. The first-order chi connectivity index (χ1) is 4.81. The first-order valence-corrected chi connectivity index (χ1v) is 5.65. The summed E-state index contributed by atoms with van der Waals surface area (Å²) in [5, 5.41) is 0. The smallest absolute Gasteiger partial charge is 0.156 e. The molecular formula is C7H16BrNO2S. The van der Waals surface area contributed by atoms with Crippen molar-refractivity contribution in [3.63, 3.8) is 0 Å². The maximum Gasteiger partial charge on any atom is 0.156 e. The van der Waals surface area contributed by atoms with Gasteiger partial charge in [0.1, 0.15) is 11.8 Å². The Kier molecular flexibility index (Phi) is 3.75. The van der Waals surface area contributed by atoms with E-state index in [-0.39, 0.29) is 17.0 Å². The molecule has 1 rings (SSSR count). The highest BCUT2D eigenvalue weighted by molar-refractivity contribution is 7.91. The molecule has 0 amide bonds. The van der Waals surface area contributed by atoms with Crippen LogP contribution in [-0.4, -0.2) is 51.6 Å². The van der Waals surface area contributed by atoms with Gasteiger partial charge in [0.15, 0.2) is 9.84 Å². The molecule has 12 heavy (non-hydrogen) atoms. The van der Waals surface area contributed by atoms with Crippen LogP contribution in [0, 0.1) is 0 Å². The van der Waals surface area contributed by atoms with Crippen LogP contribution in [0.2, 0.25) is 0 Å². The van der Waals surface area contributed by atoms with E-state index in [2.05, 4.69) is 0 Å². The predicted molar refractivity (Wildman–Crippen MR) is 45.1 cm³/mol. The van der Waals surface area contributed by atoms with E-state index in [4.69, 9.17) is 0 Å². The summed E-state index contributed by atoms with van der Waals surface area (Å²) in [7, 11) is 3.45. The Balaban J connectivity index is 0.00000121. The van der Waals surface area contributed by atoms with Gasteiger partial charge in [-0.25, -0.2) is 8.42 Å². The third-order valence-electron chi connectivity index (χ3n) is 2.30. The molecule has 1 saturated heterocycles. The van der Waals surface area contributed by atoms with Crippen molar-refractivity contribution >= 4 is 9.84 Å². The van der Waals surface area contributed by atoms with Crippen LogP contribution in [0.1, 0.15) is 6.42 Å². The Labute approximate surface area is 85.0 Å². The van der Waals surface area contributed by atoms with Crippen LogP contribution in [0.3, 0.4) is 0 Å². The summed E-state index contributed by atoms with van der Waals surface area (Å²) in [6.45, 7) is 0. The van der Waals surface area contributed by atoms with Crippen LogP contribution in [0.25, 0.3) is 0 Å². The summed E-state index contributed by atoms with van der Waals surface area (Å²) in [5.41, 5.74) is 0. The topological polar surface area (TPSA) is 34.1 Å². The zero-order valence-corrected chi connectivity index (χ0v) is 10.2. The van der Waals surface area contributed by atoms with Gasteiger partial charge < -0.3 is 21.5 Å². The minimum atomic E-state index is -2.69. The highest BCUT2D eigenvalue weighted by atomic mass is 79.9. The fourth-order valence-electron chi connectivity index (χ4n) is 1.39. The number of hydrogen-bond donors (Lipinski definition) is 0. The molecule has 0 spiro atoms. The second-order valence-electron chi connectivity index (χ2n) is 4.17. The second kappa shape index (κ2) is 3.64. The molecule has 0 aliphatic carbocycles. The van der Waals surface area contributed by atoms with Crippen LogP contribution in [0.5, 0.6) is 0 Å². The molecule has 3 nitrogen and oxygen atoms in total. The van der Waals surface area contributed by atoms with E-state index in [0.29, 0.717) is 17.5 Å². The van der Waals surface area contributed by atoms with E-state index in [1.807, 2.05) is 21.1 Å². The van der Waals surface area contributed by atoms with E-state index < -0.39 is 9.84 Å². The van der Waals surface area contributed by atoms with Crippen molar-refractivity contribution < 1.29 is 29.9 Å². The van der Waals surface area contributed by atoms with E-state index in [9.17, 15) is 8.42 Å². The summed E-state index contributed by atoms with van der Waals surface area (Å²) in [6.07, 6.45) is 0.825. The van der Waals surface area contributed by atoms with E-state index in [1.165, 1.54) is 0 Å². The average Bonchev–Trinajstić information content (AvgIpc) is 2.07. The lowest BCUT2D eigenvalue weighted by atomic mass is 10.2. The van der Waals surface area contributed by atoms with Gasteiger partial charge in [0.2, 0.25) is 0 Å². The lowest BCUT2D eigenvalue weighted by Crippen LogP contribution is -3.00. The van der Waals surface area contributed by atoms with Crippen molar-refractivity contribution in [2.75, 3.05) is 32.6 Å². The first kappa shape index (κ1) is 12.4. The minimum Gasteiger partial charge on any atom is -1.00 e. The van der Waals surface area contributed by atoms with Gasteiger partial charge in [0.25, 0.3) is 0 Å². The summed E-state index contributed by atoms with van der Waals surface area (Å²) < 4.78 is 22.9. The van der Waals surface area contributed by atoms with Gasteiger partial charge in [-0.1, -0.05) is 0 Å². The maximum absolute atomic E-state index is 11.1. The van der Waals surface area contributed by atoms with Crippen LogP contribution in [-0.2, 0) is 9.84 Å². The van der Waals surface area contributed by atoms with Gasteiger partial charge in [0, 0.05) is 6.42 Å². The van der Waals surface area contributed by atoms with Crippen LogP contribution in [0.15, 0.2) is 0 Å². The molecule has 0 aromatic heterocycles. The molecule has 74 valence electrons.